The Labute approximate surface area is 87.7 Å². The number of aromatic nitrogens is 1. The monoisotopic (exact) mass is 231 g/mol. The number of carbonyl (C=O) groups excluding carboxylic acids is 1. The highest BCUT2D eigenvalue weighted by molar-refractivity contribution is 6.67. The van der Waals surface area contributed by atoms with E-state index in [-0.39, 0.29) is 22.6 Å². The van der Waals surface area contributed by atoms with Gasteiger partial charge in [0.2, 0.25) is 0 Å². The zero-order chi connectivity index (χ0) is 11.0. The lowest BCUT2D eigenvalue weighted by Crippen LogP contribution is -1.89. The number of benzene rings is 1. The van der Waals surface area contributed by atoms with Crippen molar-refractivity contribution < 1.29 is 18.0 Å². The van der Waals surface area contributed by atoms with Crippen LogP contribution in [0.15, 0.2) is 22.6 Å². The summed E-state index contributed by atoms with van der Waals surface area (Å²) >= 11 is 5.12. The Morgan fingerprint density at radius 2 is 2.20 bits per heavy atom. The summed E-state index contributed by atoms with van der Waals surface area (Å²) < 4.78 is 29.9. The minimum absolute atomic E-state index is 0.0310. The normalized spacial score (nSPS) is 11.2. The topological polar surface area (TPSA) is 43.1 Å². The van der Waals surface area contributed by atoms with Crippen LogP contribution in [0, 0.1) is 0 Å². The van der Waals surface area contributed by atoms with Crippen LogP contribution in [0.1, 0.15) is 22.7 Å². The molecule has 0 fully saturated rings. The second kappa shape index (κ2) is 3.58. The van der Waals surface area contributed by atoms with E-state index in [0.29, 0.717) is 0 Å². The lowest BCUT2D eigenvalue weighted by molar-refractivity contribution is 0.105. The lowest BCUT2D eigenvalue weighted by Gasteiger charge is -1.97. The summed E-state index contributed by atoms with van der Waals surface area (Å²) in [7, 11) is 0. The van der Waals surface area contributed by atoms with Crippen molar-refractivity contribution in [2.75, 3.05) is 0 Å². The van der Waals surface area contributed by atoms with Gasteiger partial charge in [-0.3, -0.25) is 4.79 Å². The van der Waals surface area contributed by atoms with Gasteiger partial charge in [0.25, 0.3) is 12.3 Å². The van der Waals surface area contributed by atoms with Crippen LogP contribution in [0.5, 0.6) is 0 Å². The Balaban J connectivity index is 2.69. The largest absolute Gasteiger partial charge is 0.433 e. The number of hydrogen-bond donors (Lipinski definition) is 0. The molecule has 0 saturated heterocycles. The molecule has 2 rings (SSSR count). The smallest absolute Gasteiger partial charge is 0.307 e. The summed E-state index contributed by atoms with van der Waals surface area (Å²) in [6, 6.07) is 4.06. The molecule has 1 aromatic carbocycles. The molecule has 0 N–H and O–H groups in total. The van der Waals surface area contributed by atoms with E-state index in [1.807, 2.05) is 0 Å². The van der Waals surface area contributed by atoms with Crippen LogP contribution in [0.3, 0.4) is 0 Å². The highest BCUT2D eigenvalue weighted by Crippen LogP contribution is 2.27. The number of alkyl halides is 2. The van der Waals surface area contributed by atoms with Crippen LogP contribution in [0.4, 0.5) is 8.78 Å². The number of para-hydroxylation sites is 1. The molecule has 0 saturated carbocycles. The molecule has 6 heteroatoms. The fourth-order valence-electron chi connectivity index (χ4n) is 1.23. The van der Waals surface area contributed by atoms with E-state index in [0.717, 1.165) is 0 Å². The molecule has 0 radical (unpaired) electrons. The third-order valence-corrected chi connectivity index (χ3v) is 2.02. The number of fused-ring (bicyclic) bond motifs is 1. The summed E-state index contributed by atoms with van der Waals surface area (Å²) in [5, 5.41) is -0.911. The maximum atomic E-state index is 12.5. The van der Waals surface area contributed by atoms with E-state index in [4.69, 9.17) is 16.0 Å². The molecule has 0 aliphatic rings. The maximum absolute atomic E-state index is 12.5. The average Bonchev–Trinajstić information content (AvgIpc) is 2.60. The third-order valence-electron chi connectivity index (χ3n) is 1.85. The quantitative estimate of drug-likeness (QED) is 0.746. The van der Waals surface area contributed by atoms with Crippen LogP contribution in [0.2, 0.25) is 0 Å². The van der Waals surface area contributed by atoms with Crippen molar-refractivity contribution >= 4 is 27.9 Å². The van der Waals surface area contributed by atoms with Crippen LogP contribution >= 0.6 is 11.6 Å². The molecule has 0 spiro atoms. The number of carbonyl (C=O) groups is 1. The number of nitrogens with zero attached hydrogens (tertiary/aromatic N) is 1. The molecular weight excluding hydrogens is 228 g/mol. The zero-order valence-corrected chi connectivity index (χ0v) is 7.96. The third kappa shape index (κ3) is 1.70. The van der Waals surface area contributed by atoms with Crippen molar-refractivity contribution in [3.63, 3.8) is 0 Å². The Morgan fingerprint density at radius 3 is 2.80 bits per heavy atom. The van der Waals surface area contributed by atoms with Crippen LogP contribution in [0.25, 0.3) is 11.1 Å². The number of hydrogen-bond acceptors (Lipinski definition) is 3. The SMILES string of the molecule is O=C(Cl)c1nc2c(C(F)F)cccc2o1. The summed E-state index contributed by atoms with van der Waals surface area (Å²) in [6.45, 7) is 0. The average molecular weight is 232 g/mol. The molecule has 1 heterocycles. The fraction of sp³-hybridized carbons (Fsp3) is 0.111. The van der Waals surface area contributed by atoms with Crippen molar-refractivity contribution in [2.24, 2.45) is 0 Å². The van der Waals surface area contributed by atoms with E-state index in [9.17, 15) is 13.6 Å². The van der Waals surface area contributed by atoms with Crippen molar-refractivity contribution in [1.82, 2.24) is 4.98 Å². The molecule has 0 aliphatic heterocycles. The Kier molecular flexibility index (Phi) is 2.40. The highest BCUT2D eigenvalue weighted by Gasteiger charge is 2.18. The van der Waals surface area contributed by atoms with Gasteiger partial charge in [-0.15, -0.1) is 0 Å². The predicted molar refractivity (Wildman–Crippen MR) is 49.1 cm³/mol. The first-order chi connectivity index (χ1) is 7.09. The van der Waals surface area contributed by atoms with E-state index in [1.165, 1.54) is 18.2 Å². The molecule has 0 unspecified atom stereocenters. The molecule has 0 aliphatic carbocycles. The first-order valence-electron chi connectivity index (χ1n) is 3.97. The van der Waals surface area contributed by atoms with Gasteiger partial charge in [-0.05, 0) is 17.7 Å². The molecule has 0 bridgehead atoms. The van der Waals surface area contributed by atoms with Crippen molar-refractivity contribution in [2.45, 2.75) is 6.43 Å². The van der Waals surface area contributed by atoms with Gasteiger partial charge in [0.05, 0.1) is 0 Å². The molecule has 3 nitrogen and oxygen atoms in total. The van der Waals surface area contributed by atoms with Gasteiger partial charge in [-0.2, -0.15) is 0 Å². The van der Waals surface area contributed by atoms with Crippen molar-refractivity contribution in [3.8, 4) is 0 Å². The van der Waals surface area contributed by atoms with E-state index < -0.39 is 11.7 Å². The summed E-state index contributed by atoms with van der Waals surface area (Å²) in [4.78, 5) is 14.3. The van der Waals surface area contributed by atoms with Gasteiger partial charge in [-0.1, -0.05) is 12.1 Å². The number of rotatable bonds is 2. The lowest BCUT2D eigenvalue weighted by atomic mass is 10.2. The Hall–Kier alpha value is -1.49. The van der Waals surface area contributed by atoms with Gasteiger partial charge < -0.3 is 4.42 Å². The van der Waals surface area contributed by atoms with E-state index in [2.05, 4.69) is 4.98 Å². The minimum Gasteiger partial charge on any atom is -0.433 e. The van der Waals surface area contributed by atoms with Crippen LogP contribution in [-0.4, -0.2) is 10.2 Å². The Bertz CT molecular complexity index is 524. The number of halogens is 3. The molecule has 1 aromatic heterocycles. The van der Waals surface area contributed by atoms with Gasteiger partial charge >= 0.3 is 5.24 Å². The van der Waals surface area contributed by atoms with Gasteiger partial charge in [0.15, 0.2) is 5.58 Å². The first kappa shape index (κ1) is 10.0. The summed E-state index contributed by atoms with van der Waals surface area (Å²) in [6.07, 6.45) is -2.67. The summed E-state index contributed by atoms with van der Waals surface area (Å²) in [5.74, 6) is -0.375. The van der Waals surface area contributed by atoms with Crippen LogP contribution in [-0.2, 0) is 0 Å². The second-order valence-corrected chi connectivity index (χ2v) is 3.13. The zero-order valence-electron chi connectivity index (χ0n) is 7.21. The van der Waals surface area contributed by atoms with E-state index >= 15 is 0 Å². The van der Waals surface area contributed by atoms with Gasteiger partial charge in [-0.25, -0.2) is 13.8 Å². The maximum Gasteiger partial charge on any atom is 0.307 e. The fourth-order valence-corrected chi connectivity index (χ4v) is 1.31. The minimum atomic E-state index is -2.67. The van der Waals surface area contributed by atoms with Crippen molar-refractivity contribution in [3.05, 3.63) is 29.7 Å². The molecule has 0 atom stereocenters. The molecule has 2 aromatic rings. The molecule has 0 amide bonds. The molecule has 78 valence electrons. The van der Waals surface area contributed by atoms with Gasteiger partial charge in [0.1, 0.15) is 5.52 Å². The Morgan fingerprint density at radius 1 is 1.47 bits per heavy atom. The molecule has 15 heavy (non-hydrogen) atoms. The second-order valence-electron chi connectivity index (χ2n) is 2.79. The predicted octanol–water partition coefficient (Wildman–Crippen LogP) is 3.14. The number of oxazole rings is 1. The highest BCUT2D eigenvalue weighted by atomic mass is 35.5. The summed E-state index contributed by atoms with van der Waals surface area (Å²) in [5.41, 5.74) is -0.186. The van der Waals surface area contributed by atoms with E-state index in [1.54, 1.807) is 0 Å². The van der Waals surface area contributed by atoms with Gasteiger partial charge in [0, 0.05) is 5.56 Å². The van der Waals surface area contributed by atoms with Crippen molar-refractivity contribution in [1.29, 1.82) is 0 Å². The standard InChI is InChI=1S/C9H4ClF2NO2/c10-7(14)9-13-6-4(8(11)12)2-1-3-5(6)15-9/h1-3,8H. The molecular formula is C9H4ClF2NO2. The first-order valence-corrected chi connectivity index (χ1v) is 4.35. The van der Waals surface area contributed by atoms with Crippen LogP contribution < -0.4 is 0 Å².